The summed E-state index contributed by atoms with van der Waals surface area (Å²) in [6, 6.07) is 17.6. The quantitative estimate of drug-likeness (QED) is 0.779. The van der Waals surface area contributed by atoms with Gasteiger partial charge in [-0.15, -0.1) is 11.8 Å². The molecule has 27 heavy (non-hydrogen) atoms. The Balaban J connectivity index is 1.42. The van der Waals surface area contributed by atoms with E-state index in [2.05, 4.69) is 10.2 Å². The number of carbonyl (C=O) groups excluding carboxylic acids is 2. The summed E-state index contributed by atoms with van der Waals surface area (Å²) >= 11 is 1.66. The van der Waals surface area contributed by atoms with Gasteiger partial charge in [0.1, 0.15) is 0 Å². The summed E-state index contributed by atoms with van der Waals surface area (Å²) in [5.74, 6) is 0.0853. The fourth-order valence-corrected chi connectivity index (χ4v) is 3.49. The van der Waals surface area contributed by atoms with Gasteiger partial charge in [0.25, 0.3) is 5.91 Å². The summed E-state index contributed by atoms with van der Waals surface area (Å²) in [6.45, 7) is 3.65. The van der Waals surface area contributed by atoms with Crippen LogP contribution < -0.4 is 5.32 Å². The molecule has 1 heterocycles. The zero-order valence-electron chi connectivity index (χ0n) is 15.6. The highest BCUT2D eigenvalue weighted by molar-refractivity contribution is 7.98. The zero-order chi connectivity index (χ0) is 19.1. The Kier molecular flexibility index (Phi) is 6.90. The molecular formula is C21H25N3O2S. The fourth-order valence-electron chi connectivity index (χ4n) is 3.08. The van der Waals surface area contributed by atoms with Crippen LogP contribution in [0, 0.1) is 0 Å². The van der Waals surface area contributed by atoms with E-state index in [4.69, 9.17) is 0 Å². The van der Waals surface area contributed by atoms with Crippen LogP contribution in [-0.4, -0.2) is 60.6 Å². The van der Waals surface area contributed by atoms with Gasteiger partial charge in [-0.1, -0.05) is 30.3 Å². The Labute approximate surface area is 164 Å². The molecule has 142 valence electrons. The van der Waals surface area contributed by atoms with Crippen molar-refractivity contribution >= 4 is 23.6 Å². The van der Waals surface area contributed by atoms with Crippen molar-refractivity contribution in [2.45, 2.75) is 11.4 Å². The lowest BCUT2D eigenvalue weighted by Crippen LogP contribution is -2.51. The summed E-state index contributed by atoms with van der Waals surface area (Å²) in [5, 5.41) is 2.95. The summed E-state index contributed by atoms with van der Waals surface area (Å²) in [7, 11) is 0. The molecule has 0 unspecified atom stereocenters. The zero-order valence-corrected chi connectivity index (χ0v) is 16.4. The standard InChI is InChI=1S/C21H25N3O2S/c1-27-19-9-7-18(8-10-19)21(26)24-13-11-23(12-14-24)16-20(25)22-15-17-5-3-2-4-6-17/h2-10H,11-16H2,1H3,(H,22,25). The highest BCUT2D eigenvalue weighted by Gasteiger charge is 2.23. The number of carbonyl (C=O) groups is 2. The van der Waals surface area contributed by atoms with Gasteiger partial charge >= 0.3 is 0 Å². The third kappa shape index (κ3) is 5.58. The Morgan fingerprint density at radius 1 is 0.963 bits per heavy atom. The lowest BCUT2D eigenvalue weighted by molar-refractivity contribution is -0.122. The van der Waals surface area contributed by atoms with Crippen LogP contribution in [-0.2, 0) is 11.3 Å². The highest BCUT2D eigenvalue weighted by atomic mass is 32.2. The first-order valence-corrected chi connectivity index (χ1v) is 10.3. The molecule has 1 N–H and O–H groups in total. The van der Waals surface area contributed by atoms with Crippen molar-refractivity contribution in [2.24, 2.45) is 0 Å². The molecule has 1 aliphatic rings. The van der Waals surface area contributed by atoms with Crippen molar-refractivity contribution in [3.8, 4) is 0 Å². The summed E-state index contributed by atoms with van der Waals surface area (Å²) < 4.78 is 0. The molecule has 1 fully saturated rings. The van der Waals surface area contributed by atoms with E-state index in [0.717, 1.165) is 16.0 Å². The molecule has 1 aliphatic heterocycles. The van der Waals surface area contributed by atoms with Gasteiger partial charge in [-0.05, 0) is 36.1 Å². The van der Waals surface area contributed by atoms with Crippen molar-refractivity contribution in [2.75, 3.05) is 39.0 Å². The Bertz CT molecular complexity index is 757. The normalized spacial score (nSPS) is 14.8. The van der Waals surface area contributed by atoms with Crippen LogP contribution in [0.2, 0.25) is 0 Å². The SMILES string of the molecule is CSc1ccc(C(=O)N2CCN(CC(=O)NCc3ccccc3)CC2)cc1. The average Bonchev–Trinajstić information content (AvgIpc) is 2.73. The summed E-state index contributed by atoms with van der Waals surface area (Å²) in [5.41, 5.74) is 1.82. The maximum Gasteiger partial charge on any atom is 0.253 e. The number of thioether (sulfide) groups is 1. The molecule has 5 nitrogen and oxygen atoms in total. The molecule has 6 heteroatoms. The van der Waals surface area contributed by atoms with Gasteiger partial charge in [0.15, 0.2) is 0 Å². The van der Waals surface area contributed by atoms with Gasteiger partial charge in [0.2, 0.25) is 5.91 Å². The van der Waals surface area contributed by atoms with Gasteiger partial charge < -0.3 is 10.2 Å². The number of hydrogen-bond donors (Lipinski definition) is 1. The first-order valence-electron chi connectivity index (χ1n) is 9.12. The van der Waals surface area contributed by atoms with E-state index in [1.807, 2.05) is 65.8 Å². The lowest BCUT2D eigenvalue weighted by atomic mass is 10.2. The third-order valence-corrected chi connectivity index (χ3v) is 5.44. The van der Waals surface area contributed by atoms with Crippen molar-refractivity contribution in [1.29, 1.82) is 0 Å². The number of benzene rings is 2. The third-order valence-electron chi connectivity index (χ3n) is 4.70. The molecule has 0 atom stereocenters. The van der Waals surface area contributed by atoms with Gasteiger partial charge in [0.05, 0.1) is 6.54 Å². The Morgan fingerprint density at radius 3 is 2.26 bits per heavy atom. The van der Waals surface area contributed by atoms with Crippen LogP contribution in [0.3, 0.4) is 0 Å². The molecule has 1 saturated heterocycles. The molecular weight excluding hydrogens is 358 g/mol. The van der Waals surface area contributed by atoms with Crippen LogP contribution in [0.25, 0.3) is 0 Å². The Morgan fingerprint density at radius 2 is 1.63 bits per heavy atom. The monoisotopic (exact) mass is 383 g/mol. The second-order valence-electron chi connectivity index (χ2n) is 6.56. The predicted octanol–water partition coefficient (Wildman–Crippen LogP) is 2.48. The van der Waals surface area contributed by atoms with E-state index < -0.39 is 0 Å². The molecule has 0 spiro atoms. The highest BCUT2D eigenvalue weighted by Crippen LogP contribution is 2.16. The molecule has 0 aromatic heterocycles. The number of nitrogens with one attached hydrogen (secondary N) is 1. The summed E-state index contributed by atoms with van der Waals surface area (Å²) in [6.07, 6.45) is 2.02. The van der Waals surface area contributed by atoms with Crippen molar-refractivity contribution in [3.05, 3.63) is 65.7 Å². The first-order chi connectivity index (χ1) is 13.2. The minimum Gasteiger partial charge on any atom is -0.351 e. The van der Waals surface area contributed by atoms with Crippen LogP contribution in [0.1, 0.15) is 15.9 Å². The van der Waals surface area contributed by atoms with Crippen LogP contribution >= 0.6 is 11.8 Å². The van der Waals surface area contributed by atoms with Crippen molar-refractivity contribution in [1.82, 2.24) is 15.1 Å². The molecule has 3 rings (SSSR count). The first kappa shape index (κ1) is 19.5. The fraction of sp³-hybridized carbons (Fsp3) is 0.333. The maximum atomic E-state index is 12.6. The number of nitrogens with zero attached hydrogens (tertiary/aromatic N) is 2. The van der Waals surface area contributed by atoms with E-state index in [1.54, 1.807) is 11.8 Å². The lowest BCUT2D eigenvalue weighted by Gasteiger charge is -2.34. The molecule has 2 aromatic carbocycles. The summed E-state index contributed by atoms with van der Waals surface area (Å²) in [4.78, 5) is 29.9. The maximum absolute atomic E-state index is 12.6. The van der Waals surface area contributed by atoms with Crippen LogP contribution in [0.4, 0.5) is 0 Å². The minimum absolute atomic E-state index is 0.0197. The molecule has 0 radical (unpaired) electrons. The predicted molar refractivity (Wildman–Crippen MR) is 109 cm³/mol. The number of piperazine rings is 1. The number of rotatable bonds is 6. The largest absolute Gasteiger partial charge is 0.351 e. The number of hydrogen-bond acceptors (Lipinski definition) is 4. The van der Waals surface area contributed by atoms with E-state index in [0.29, 0.717) is 39.3 Å². The molecule has 2 amide bonds. The molecule has 0 aliphatic carbocycles. The van der Waals surface area contributed by atoms with E-state index >= 15 is 0 Å². The van der Waals surface area contributed by atoms with E-state index in [1.165, 1.54) is 0 Å². The van der Waals surface area contributed by atoms with Gasteiger partial charge in [-0.25, -0.2) is 0 Å². The number of amides is 2. The van der Waals surface area contributed by atoms with Crippen molar-refractivity contribution in [3.63, 3.8) is 0 Å². The second kappa shape index (κ2) is 9.58. The average molecular weight is 384 g/mol. The van der Waals surface area contributed by atoms with Gasteiger partial charge in [-0.3, -0.25) is 14.5 Å². The Hall–Kier alpha value is -2.31. The van der Waals surface area contributed by atoms with Crippen LogP contribution in [0.15, 0.2) is 59.5 Å². The second-order valence-corrected chi connectivity index (χ2v) is 7.44. The molecule has 2 aromatic rings. The smallest absolute Gasteiger partial charge is 0.253 e. The van der Waals surface area contributed by atoms with Gasteiger partial charge in [-0.2, -0.15) is 0 Å². The van der Waals surface area contributed by atoms with E-state index in [9.17, 15) is 9.59 Å². The minimum atomic E-state index is 0.0197. The van der Waals surface area contributed by atoms with Crippen LogP contribution in [0.5, 0.6) is 0 Å². The van der Waals surface area contributed by atoms with Crippen molar-refractivity contribution < 1.29 is 9.59 Å². The topological polar surface area (TPSA) is 52.7 Å². The van der Waals surface area contributed by atoms with Gasteiger partial charge in [0, 0.05) is 43.2 Å². The molecule has 0 saturated carbocycles. The van der Waals surface area contributed by atoms with E-state index in [-0.39, 0.29) is 11.8 Å². The molecule has 0 bridgehead atoms.